The van der Waals surface area contributed by atoms with Gasteiger partial charge >= 0.3 is 0 Å². The van der Waals surface area contributed by atoms with Crippen LogP contribution in [-0.4, -0.2) is 39.9 Å². The van der Waals surface area contributed by atoms with E-state index < -0.39 is 6.10 Å². The molecule has 1 saturated carbocycles. The number of carbonyl (C=O) groups is 1. The molecule has 0 aliphatic heterocycles. The second-order valence-corrected chi connectivity index (χ2v) is 8.27. The third kappa shape index (κ3) is 6.29. The Hall–Kier alpha value is -2.41. The summed E-state index contributed by atoms with van der Waals surface area (Å²) in [5.41, 5.74) is 3.21. The van der Waals surface area contributed by atoms with Crippen molar-refractivity contribution in [1.82, 2.24) is 10.6 Å². The van der Waals surface area contributed by atoms with Crippen LogP contribution in [0.25, 0.3) is 0 Å². The fraction of sp³-hybridized carbons (Fsp3) is 0.458. The molecule has 2 aromatic rings. The Kier molecular flexibility index (Phi) is 7.85. The molecule has 0 radical (unpaired) electrons. The number of rotatable bonds is 10. The van der Waals surface area contributed by atoms with Gasteiger partial charge in [0.1, 0.15) is 5.75 Å². The Morgan fingerprint density at radius 1 is 1.17 bits per heavy atom. The second-order valence-electron chi connectivity index (χ2n) is 8.27. The summed E-state index contributed by atoms with van der Waals surface area (Å²) in [5, 5.41) is 35.7. The molecule has 1 aliphatic carbocycles. The molecule has 0 saturated heterocycles. The van der Waals surface area contributed by atoms with Crippen LogP contribution in [0.15, 0.2) is 42.5 Å². The molecule has 0 spiro atoms. The summed E-state index contributed by atoms with van der Waals surface area (Å²) in [4.78, 5) is 12.1. The first-order chi connectivity index (χ1) is 14.4. The van der Waals surface area contributed by atoms with E-state index in [1.165, 1.54) is 12.5 Å². The van der Waals surface area contributed by atoms with Crippen LogP contribution in [0.1, 0.15) is 54.5 Å². The third-order valence-electron chi connectivity index (χ3n) is 5.69. The van der Waals surface area contributed by atoms with Gasteiger partial charge in [-0.2, -0.15) is 0 Å². The second kappa shape index (κ2) is 10.6. The normalized spacial score (nSPS) is 16.0. The first-order valence-electron chi connectivity index (χ1n) is 10.7. The third-order valence-corrected chi connectivity index (χ3v) is 5.69. The van der Waals surface area contributed by atoms with Gasteiger partial charge in [0.2, 0.25) is 5.91 Å². The number of benzene rings is 2. The Balaban J connectivity index is 1.48. The van der Waals surface area contributed by atoms with Crippen LogP contribution >= 0.6 is 0 Å². The maximum absolute atomic E-state index is 12.1. The SMILES string of the molecule is C[C@H](Cc1cccc(CC(=O)NC2CCC2)c1)NC[C@H](O)c1ccc(O)c(CO)c1. The quantitative estimate of drug-likeness (QED) is 0.412. The minimum atomic E-state index is -0.736. The van der Waals surface area contributed by atoms with Crippen LogP contribution in [0.3, 0.4) is 0 Å². The Labute approximate surface area is 178 Å². The summed E-state index contributed by atoms with van der Waals surface area (Å²) >= 11 is 0. The Morgan fingerprint density at radius 2 is 1.93 bits per heavy atom. The highest BCUT2D eigenvalue weighted by atomic mass is 16.3. The lowest BCUT2D eigenvalue weighted by molar-refractivity contribution is -0.121. The number of amides is 1. The predicted molar refractivity (Wildman–Crippen MR) is 116 cm³/mol. The summed E-state index contributed by atoms with van der Waals surface area (Å²) in [6.45, 7) is 2.14. The van der Waals surface area contributed by atoms with Crippen molar-refractivity contribution in [2.24, 2.45) is 0 Å². The number of hydrogen-bond acceptors (Lipinski definition) is 5. The molecule has 0 unspecified atom stereocenters. The van der Waals surface area contributed by atoms with Crippen LogP contribution < -0.4 is 10.6 Å². The van der Waals surface area contributed by atoms with Crippen molar-refractivity contribution in [3.8, 4) is 5.75 Å². The van der Waals surface area contributed by atoms with E-state index in [4.69, 9.17) is 0 Å². The largest absolute Gasteiger partial charge is 0.508 e. The molecule has 30 heavy (non-hydrogen) atoms. The van der Waals surface area contributed by atoms with E-state index in [1.54, 1.807) is 12.1 Å². The Bertz CT molecular complexity index is 851. The minimum absolute atomic E-state index is 0.0241. The predicted octanol–water partition coefficient (Wildman–Crippen LogP) is 2.35. The summed E-state index contributed by atoms with van der Waals surface area (Å²) in [5.74, 6) is 0.110. The van der Waals surface area contributed by atoms with Gasteiger partial charge in [0.15, 0.2) is 0 Å². The van der Waals surface area contributed by atoms with Crippen molar-refractivity contribution in [3.63, 3.8) is 0 Å². The van der Waals surface area contributed by atoms with E-state index >= 15 is 0 Å². The van der Waals surface area contributed by atoms with Gasteiger partial charge in [0.05, 0.1) is 19.1 Å². The number of aliphatic hydroxyl groups is 2. The summed E-state index contributed by atoms with van der Waals surface area (Å²) in [6.07, 6.45) is 3.83. The highest BCUT2D eigenvalue weighted by Crippen LogP contribution is 2.22. The topological polar surface area (TPSA) is 102 Å². The zero-order chi connectivity index (χ0) is 21.5. The molecule has 1 aliphatic rings. The monoisotopic (exact) mass is 412 g/mol. The lowest BCUT2D eigenvalue weighted by atomic mass is 9.93. The number of carbonyl (C=O) groups excluding carboxylic acids is 1. The van der Waals surface area contributed by atoms with Gasteiger partial charge < -0.3 is 26.0 Å². The molecule has 6 heteroatoms. The molecular weight excluding hydrogens is 380 g/mol. The number of hydrogen-bond donors (Lipinski definition) is 5. The van der Waals surface area contributed by atoms with Crippen LogP contribution in [0.5, 0.6) is 5.75 Å². The number of nitrogens with one attached hydrogen (secondary N) is 2. The molecule has 3 rings (SSSR count). The standard InChI is InChI=1S/C24H32N2O4/c1-16(25-14-23(29)19-8-9-22(28)20(13-19)15-27)10-17-4-2-5-18(11-17)12-24(30)26-21-6-3-7-21/h2,4-5,8-9,11,13,16,21,23,25,27-29H,3,6-7,10,12,14-15H2,1H3,(H,26,30)/t16-,23+/m1/s1. The lowest BCUT2D eigenvalue weighted by Crippen LogP contribution is -2.40. The minimum Gasteiger partial charge on any atom is -0.508 e. The van der Waals surface area contributed by atoms with Crippen molar-refractivity contribution in [3.05, 3.63) is 64.7 Å². The van der Waals surface area contributed by atoms with Crippen molar-refractivity contribution < 1.29 is 20.1 Å². The van der Waals surface area contributed by atoms with E-state index in [2.05, 4.69) is 29.7 Å². The maximum atomic E-state index is 12.1. The van der Waals surface area contributed by atoms with Gasteiger partial charge in [-0.25, -0.2) is 0 Å². The van der Waals surface area contributed by atoms with E-state index in [0.717, 1.165) is 30.4 Å². The molecule has 1 fully saturated rings. The molecule has 2 aromatic carbocycles. The molecule has 6 nitrogen and oxygen atoms in total. The fourth-order valence-electron chi connectivity index (χ4n) is 3.68. The summed E-state index contributed by atoms with van der Waals surface area (Å²) in [7, 11) is 0. The van der Waals surface area contributed by atoms with Gasteiger partial charge in [-0.1, -0.05) is 30.3 Å². The molecule has 162 valence electrons. The Morgan fingerprint density at radius 3 is 2.63 bits per heavy atom. The van der Waals surface area contributed by atoms with Crippen LogP contribution in [0, 0.1) is 0 Å². The summed E-state index contributed by atoms with van der Waals surface area (Å²) < 4.78 is 0. The average Bonchev–Trinajstić information content (AvgIpc) is 2.69. The average molecular weight is 413 g/mol. The van der Waals surface area contributed by atoms with Gasteiger partial charge in [0.25, 0.3) is 0 Å². The van der Waals surface area contributed by atoms with Crippen molar-refractivity contribution in [2.45, 2.75) is 63.8 Å². The zero-order valence-corrected chi connectivity index (χ0v) is 17.5. The van der Waals surface area contributed by atoms with Gasteiger partial charge in [-0.3, -0.25) is 4.79 Å². The molecule has 2 atom stereocenters. The van der Waals surface area contributed by atoms with Crippen molar-refractivity contribution in [2.75, 3.05) is 6.54 Å². The summed E-state index contributed by atoms with van der Waals surface area (Å²) in [6, 6.07) is 13.3. The number of phenols is 1. The van der Waals surface area contributed by atoms with Gasteiger partial charge in [-0.05, 0) is 61.4 Å². The first kappa shape index (κ1) is 22.3. The number of aliphatic hydroxyl groups excluding tert-OH is 2. The van der Waals surface area contributed by atoms with E-state index in [-0.39, 0.29) is 24.3 Å². The fourth-order valence-corrected chi connectivity index (χ4v) is 3.68. The number of aromatic hydroxyl groups is 1. The molecule has 0 heterocycles. The van der Waals surface area contributed by atoms with Gasteiger partial charge in [-0.15, -0.1) is 0 Å². The van der Waals surface area contributed by atoms with Crippen molar-refractivity contribution in [1.29, 1.82) is 0 Å². The first-order valence-corrected chi connectivity index (χ1v) is 10.7. The molecule has 1 amide bonds. The van der Waals surface area contributed by atoms with E-state index in [0.29, 0.717) is 30.1 Å². The van der Waals surface area contributed by atoms with Crippen molar-refractivity contribution >= 4 is 5.91 Å². The molecule has 0 bridgehead atoms. The molecule has 0 aromatic heterocycles. The lowest BCUT2D eigenvalue weighted by Gasteiger charge is -2.26. The van der Waals surface area contributed by atoms with Gasteiger partial charge in [0, 0.05) is 24.2 Å². The van der Waals surface area contributed by atoms with E-state index in [9.17, 15) is 20.1 Å². The molecular formula is C24H32N2O4. The maximum Gasteiger partial charge on any atom is 0.224 e. The molecule has 5 N–H and O–H groups in total. The van der Waals surface area contributed by atoms with E-state index in [1.807, 2.05) is 12.1 Å². The van der Waals surface area contributed by atoms with Crippen LogP contribution in [0.4, 0.5) is 0 Å². The van der Waals surface area contributed by atoms with Crippen LogP contribution in [-0.2, 0) is 24.2 Å². The highest BCUT2D eigenvalue weighted by molar-refractivity contribution is 5.79. The van der Waals surface area contributed by atoms with Crippen LogP contribution in [0.2, 0.25) is 0 Å². The highest BCUT2D eigenvalue weighted by Gasteiger charge is 2.19. The zero-order valence-electron chi connectivity index (χ0n) is 17.5. The smallest absolute Gasteiger partial charge is 0.224 e.